The Labute approximate surface area is 98.1 Å². The van der Waals surface area contributed by atoms with Crippen LogP contribution in [-0.2, 0) is 0 Å². The van der Waals surface area contributed by atoms with E-state index in [9.17, 15) is 0 Å². The maximum Gasteiger partial charge on any atom is 0.128 e. The highest BCUT2D eigenvalue weighted by Crippen LogP contribution is 2.08. The van der Waals surface area contributed by atoms with Gasteiger partial charge in [-0.1, -0.05) is 6.07 Å². The van der Waals surface area contributed by atoms with Gasteiger partial charge in [0.15, 0.2) is 0 Å². The number of unbranched alkanes of at least 4 members (excludes halogenated alkanes) is 1. The number of hydrogen-bond acceptors (Lipinski definition) is 4. The van der Waals surface area contributed by atoms with E-state index < -0.39 is 0 Å². The van der Waals surface area contributed by atoms with Gasteiger partial charge in [0, 0.05) is 13.6 Å². The molecule has 0 unspecified atom stereocenters. The van der Waals surface area contributed by atoms with Crippen molar-refractivity contribution in [3.05, 3.63) is 18.2 Å². The van der Waals surface area contributed by atoms with Gasteiger partial charge in [-0.3, -0.25) is 0 Å². The molecule has 0 aliphatic rings. The van der Waals surface area contributed by atoms with Gasteiger partial charge >= 0.3 is 0 Å². The lowest BCUT2D eigenvalue weighted by Crippen LogP contribution is -2.14. The fraction of sp³-hybridized carbons (Fsp3) is 0.583. The average molecular weight is 222 g/mol. The second-order valence-corrected chi connectivity index (χ2v) is 4.10. The molecule has 1 rings (SSSR count). The van der Waals surface area contributed by atoms with Gasteiger partial charge in [-0.15, -0.1) is 0 Å². The Morgan fingerprint density at radius 2 is 1.94 bits per heavy atom. The summed E-state index contributed by atoms with van der Waals surface area (Å²) in [5.41, 5.74) is 0. The first kappa shape index (κ1) is 12.8. The molecular weight excluding hydrogens is 200 g/mol. The number of pyridine rings is 1. The monoisotopic (exact) mass is 222 g/mol. The van der Waals surface area contributed by atoms with Crippen molar-refractivity contribution in [3.63, 3.8) is 0 Å². The third-order valence-electron chi connectivity index (χ3n) is 2.34. The van der Waals surface area contributed by atoms with Crippen LogP contribution >= 0.6 is 0 Å². The lowest BCUT2D eigenvalue weighted by atomic mass is 10.3. The fourth-order valence-corrected chi connectivity index (χ4v) is 1.44. The number of rotatable bonds is 7. The van der Waals surface area contributed by atoms with E-state index >= 15 is 0 Å². The SMILES string of the molecule is CNc1cccc(NCCCCN(C)C)n1. The summed E-state index contributed by atoms with van der Waals surface area (Å²) in [5.74, 6) is 1.84. The molecule has 4 nitrogen and oxygen atoms in total. The Kier molecular flexibility index (Phi) is 5.64. The van der Waals surface area contributed by atoms with Crippen molar-refractivity contribution in [2.24, 2.45) is 0 Å². The van der Waals surface area contributed by atoms with Crippen molar-refractivity contribution in [1.29, 1.82) is 0 Å². The van der Waals surface area contributed by atoms with Gasteiger partial charge in [0.2, 0.25) is 0 Å². The van der Waals surface area contributed by atoms with Gasteiger partial charge in [-0.2, -0.15) is 0 Å². The highest BCUT2D eigenvalue weighted by molar-refractivity contribution is 5.44. The molecule has 4 heteroatoms. The molecule has 0 saturated carbocycles. The highest BCUT2D eigenvalue weighted by Gasteiger charge is 1.95. The van der Waals surface area contributed by atoms with Crippen molar-refractivity contribution in [2.75, 3.05) is 44.9 Å². The standard InChI is InChI=1S/C12H22N4/c1-13-11-7-6-8-12(15-11)14-9-4-5-10-16(2)3/h6-8H,4-5,9-10H2,1-3H3,(H2,13,14,15). The molecule has 1 aromatic heterocycles. The summed E-state index contributed by atoms with van der Waals surface area (Å²) in [6.45, 7) is 2.12. The first-order valence-corrected chi connectivity index (χ1v) is 5.76. The molecule has 0 aliphatic heterocycles. The van der Waals surface area contributed by atoms with Crippen LogP contribution in [0.1, 0.15) is 12.8 Å². The van der Waals surface area contributed by atoms with E-state index in [0.29, 0.717) is 0 Å². The van der Waals surface area contributed by atoms with Crippen LogP contribution in [-0.4, -0.2) is 44.1 Å². The van der Waals surface area contributed by atoms with Gasteiger partial charge in [-0.05, 0) is 45.6 Å². The van der Waals surface area contributed by atoms with E-state index in [1.165, 1.54) is 12.8 Å². The summed E-state index contributed by atoms with van der Waals surface area (Å²) in [5, 5.41) is 6.35. The molecule has 90 valence electrons. The summed E-state index contributed by atoms with van der Waals surface area (Å²) in [4.78, 5) is 6.60. The molecule has 1 aromatic rings. The zero-order chi connectivity index (χ0) is 11.8. The van der Waals surface area contributed by atoms with Crippen molar-refractivity contribution < 1.29 is 0 Å². The molecule has 0 amide bonds. The lowest BCUT2D eigenvalue weighted by Gasteiger charge is -2.10. The molecule has 1 heterocycles. The zero-order valence-corrected chi connectivity index (χ0v) is 10.5. The summed E-state index contributed by atoms with van der Waals surface area (Å²) in [7, 11) is 6.08. The Bertz CT molecular complexity index is 299. The minimum atomic E-state index is 0.901. The van der Waals surface area contributed by atoms with Gasteiger partial charge < -0.3 is 15.5 Å². The van der Waals surface area contributed by atoms with E-state index in [2.05, 4.69) is 34.6 Å². The molecule has 0 bridgehead atoms. The maximum atomic E-state index is 4.39. The smallest absolute Gasteiger partial charge is 0.128 e. The molecule has 0 aliphatic carbocycles. The molecule has 0 radical (unpaired) electrons. The maximum absolute atomic E-state index is 4.39. The molecule has 0 aromatic carbocycles. The largest absolute Gasteiger partial charge is 0.373 e. The van der Waals surface area contributed by atoms with Crippen LogP contribution in [0.25, 0.3) is 0 Å². The van der Waals surface area contributed by atoms with Crippen LogP contribution in [0.3, 0.4) is 0 Å². The third kappa shape index (κ3) is 4.98. The second-order valence-electron chi connectivity index (χ2n) is 4.10. The number of hydrogen-bond donors (Lipinski definition) is 2. The fourth-order valence-electron chi connectivity index (χ4n) is 1.44. The number of nitrogens with one attached hydrogen (secondary N) is 2. The third-order valence-corrected chi connectivity index (χ3v) is 2.34. The first-order chi connectivity index (χ1) is 7.72. The van der Waals surface area contributed by atoms with Gasteiger partial charge in [0.05, 0.1) is 0 Å². The minimum Gasteiger partial charge on any atom is -0.373 e. The molecule has 0 fully saturated rings. The van der Waals surface area contributed by atoms with Crippen molar-refractivity contribution in [2.45, 2.75) is 12.8 Å². The lowest BCUT2D eigenvalue weighted by molar-refractivity contribution is 0.396. The summed E-state index contributed by atoms with van der Waals surface area (Å²) in [6.07, 6.45) is 2.38. The second kappa shape index (κ2) is 7.06. The van der Waals surface area contributed by atoms with Gasteiger partial charge in [0.25, 0.3) is 0 Å². The molecule has 0 spiro atoms. The Hall–Kier alpha value is -1.29. The molecule has 16 heavy (non-hydrogen) atoms. The predicted molar refractivity (Wildman–Crippen MR) is 70.1 cm³/mol. The number of aromatic nitrogens is 1. The zero-order valence-electron chi connectivity index (χ0n) is 10.5. The summed E-state index contributed by atoms with van der Waals surface area (Å²) in [6, 6.07) is 5.95. The Morgan fingerprint density at radius 1 is 1.19 bits per heavy atom. The molecule has 0 atom stereocenters. The molecule has 2 N–H and O–H groups in total. The van der Waals surface area contributed by atoms with E-state index in [-0.39, 0.29) is 0 Å². The molecular formula is C12H22N4. The predicted octanol–water partition coefficient (Wildman–Crippen LogP) is 1.88. The summed E-state index contributed by atoms with van der Waals surface area (Å²) >= 11 is 0. The van der Waals surface area contributed by atoms with Gasteiger partial charge in [-0.25, -0.2) is 4.98 Å². The minimum absolute atomic E-state index is 0.901. The average Bonchev–Trinajstić information content (AvgIpc) is 2.28. The topological polar surface area (TPSA) is 40.2 Å². The molecule has 0 saturated heterocycles. The number of anilines is 2. The van der Waals surface area contributed by atoms with E-state index in [1.807, 2.05) is 25.2 Å². The normalized spacial score (nSPS) is 10.5. The van der Waals surface area contributed by atoms with Crippen LogP contribution in [0.15, 0.2) is 18.2 Å². The van der Waals surface area contributed by atoms with Crippen LogP contribution in [0.5, 0.6) is 0 Å². The Balaban J connectivity index is 2.21. The van der Waals surface area contributed by atoms with Crippen molar-refractivity contribution >= 4 is 11.6 Å². The van der Waals surface area contributed by atoms with Crippen LogP contribution in [0, 0.1) is 0 Å². The van der Waals surface area contributed by atoms with Crippen LogP contribution < -0.4 is 10.6 Å². The quantitative estimate of drug-likeness (QED) is 0.691. The van der Waals surface area contributed by atoms with E-state index in [4.69, 9.17) is 0 Å². The van der Waals surface area contributed by atoms with Crippen LogP contribution in [0.4, 0.5) is 11.6 Å². The first-order valence-electron chi connectivity index (χ1n) is 5.76. The van der Waals surface area contributed by atoms with E-state index in [0.717, 1.165) is 24.7 Å². The summed E-state index contributed by atoms with van der Waals surface area (Å²) < 4.78 is 0. The Morgan fingerprint density at radius 3 is 2.62 bits per heavy atom. The van der Waals surface area contributed by atoms with Gasteiger partial charge in [0.1, 0.15) is 11.6 Å². The van der Waals surface area contributed by atoms with Crippen molar-refractivity contribution in [3.8, 4) is 0 Å². The van der Waals surface area contributed by atoms with Crippen molar-refractivity contribution in [1.82, 2.24) is 9.88 Å². The number of nitrogens with zero attached hydrogens (tertiary/aromatic N) is 2. The van der Waals surface area contributed by atoms with E-state index in [1.54, 1.807) is 0 Å². The highest BCUT2D eigenvalue weighted by atomic mass is 15.1. The van der Waals surface area contributed by atoms with Crippen LogP contribution in [0.2, 0.25) is 0 Å².